The average molecular weight is 277 g/mol. The van der Waals surface area contributed by atoms with E-state index in [-0.39, 0.29) is 12.7 Å². The van der Waals surface area contributed by atoms with Gasteiger partial charge < -0.3 is 14.8 Å². The number of nitrogens with zero attached hydrogens (tertiary/aromatic N) is 1. The lowest BCUT2D eigenvalue weighted by atomic mass is 10.2. The molecule has 1 aromatic carbocycles. The minimum atomic E-state index is -0.284. The predicted molar refractivity (Wildman–Crippen MR) is 69.8 cm³/mol. The van der Waals surface area contributed by atoms with Crippen molar-refractivity contribution in [3.05, 3.63) is 47.2 Å². The maximum atomic E-state index is 12.1. The van der Waals surface area contributed by atoms with E-state index in [9.17, 15) is 4.79 Å². The van der Waals surface area contributed by atoms with Gasteiger partial charge in [-0.05, 0) is 24.3 Å². The number of halogens is 1. The number of anilines is 1. The SMILES string of the molecule is O=C(Nc1cccnc1)c1cc(Cl)c2c(c1)OCO2. The molecule has 2 aromatic rings. The van der Waals surface area contributed by atoms with E-state index in [1.165, 1.54) is 0 Å². The first-order valence-corrected chi connectivity index (χ1v) is 5.92. The summed E-state index contributed by atoms with van der Waals surface area (Å²) in [5.41, 5.74) is 1.01. The lowest BCUT2D eigenvalue weighted by molar-refractivity contribution is 0.102. The average Bonchev–Trinajstić information content (AvgIpc) is 2.88. The van der Waals surface area contributed by atoms with Gasteiger partial charge in [-0.15, -0.1) is 0 Å². The molecule has 1 aliphatic rings. The minimum Gasteiger partial charge on any atom is -0.454 e. The number of benzene rings is 1. The van der Waals surface area contributed by atoms with E-state index in [2.05, 4.69) is 10.3 Å². The van der Waals surface area contributed by atoms with Gasteiger partial charge in [-0.1, -0.05) is 11.6 Å². The van der Waals surface area contributed by atoms with Crippen LogP contribution >= 0.6 is 11.6 Å². The van der Waals surface area contributed by atoms with Crippen LogP contribution in [0.25, 0.3) is 0 Å². The van der Waals surface area contributed by atoms with Crippen molar-refractivity contribution in [3.8, 4) is 11.5 Å². The van der Waals surface area contributed by atoms with Crippen molar-refractivity contribution in [1.29, 1.82) is 0 Å². The molecule has 0 radical (unpaired) electrons. The second-order valence-electron chi connectivity index (χ2n) is 3.89. The highest BCUT2D eigenvalue weighted by Gasteiger charge is 2.20. The summed E-state index contributed by atoms with van der Waals surface area (Å²) in [7, 11) is 0. The number of carbonyl (C=O) groups is 1. The number of rotatable bonds is 2. The number of hydrogen-bond acceptors (Lipinski definition) is 4. The zero-order valence-corrected chi connectivity index (χ0v) is 10.5. The summed E-state index contributed by atoms with van der Waals surface area (Å²) in [6.45, 7) is 0.114. The van der Waals surface area contributed by atoms with Gasteiger partial charge in [0.2, 0.25) is 6.79 Å². The van der Waals surface area contributed by atoms with Crippen LogP contribution < -0.4 is 14.8 Å². The van der Waals surface area contributed by atoms with E-state index in [0.29, 0.717) is 27.8 Å². The van der Waals surface area contributed by atoms with E-state index >= 15 is 0 Å². The zero-order valence-electron chi connectivity index (χ0n) is 9.72. The second-order valence-corrected chi connectivity index (χ2v) is 4.29. The van der Waals surface area contributed by atoms with Gasteiger partial charge in [0.1, 0.15) is 0 Å². The number of hydrogen-bond donors (Lipinski definition) is 1. The topological polar surface area (TPSA) is 60.5 Å². The van der Waals surface area contributed by atoms with Crippen molar-refractivity contribution in [2.75, 3.05) is 12.1 Å². The summed E-state index contributed by atoms with van der Waals surface area (Å²) in [6.07, 6.45) is 3.19. The first-order valence-electron chi connectivity index (χ1n) is 5.54. The van der Waals surface area contributed by atoms with Gasteiger partial charge in [-0.3, -0.25) is 9.78 Å². The Kier molecular flexibility index (Phi) is 2.97. The van der Waals surface area contributed by atoms with Gasteiger partial charge in [0.15, 0.2) is 11.5 Å². The van der Waals surface area contributed by atoms with Crippen molar-refractivity contribution in [2.45, 2.75) is 0 Å². The number of pyridine rings is 1. The van der Waals surface area contributed by atoms with Gasteiger partial charge in [-0.25, -0.2) is 0 Å². The molecule has 1 N–H and O–H groups in total. The highest BCUT2D eigenvalue weighted by atomic mass is 35.5. The first kappa shape index (κ1) is 11.8. The Morgan fingerprint density at radius 2 is 2.26 bits per heavy atom. The third-order valence-corrected chi connectivity index (χ3v) is 2.89. The van der Waals surface area contributed by atoms with E-state index in [1.807, 2.05) is 0 Å². The van der Waals surface area contributed by atoms with Crippen LogP contribution in [0.1, 0.15) is 10.4 Å². The van der Waals surface area contributed by atoms with Gasteiger partial charge in [0.05, 0.1) is 16.9 Å². The fraction of sp³-hybridized carbons (Fsp3) is 0.0769. The monoisotopic (exact) mass is 276 g/mol. The van der Waals surface area contributed by atoms with Crippen LogP contribution in [0.4, 0.5) is 5.69 Å². The molecule has 1 aliphatic heterocycles. The normalized spacial score (nSPS) is 12.3. The Bertz CT molecular complexity index is 631. The maximum Gasteiger partial charge on any atom is 0.255 e. The molecule has 3 rings (SSSR count). The fourth-order valence-corrected chi connectivity index (χ4v) is 2.00. The summed E-state index contributed by atoms with van der Waals surface area (Å²) in [6, 6.07) is 6.63. The molecule has 19 heavy (non-hydrogen) atoms. The number of amides is 1. The van der Waals surface area contributed by atoms with Crippen LogP contribution in [0.15, 0.2) is 36.7 Å². The van der Waals surface area contributed by atoms with Crippen LogP contribution in [0.5, 0.6) is 11.5 Å². The summed E-state index contributed by atoms with van der Waals surface area (Å²) in [5.74, 6) is 0.664. The van der Waals surface area contributed by atoms with Gasteiger partial charge in [-0.2, -0.15) is 0 Å². The van der Waals surface area contributed by atoms with Crippen molar-refractivity contribution in [3.63, 3.8) is 0 Å². The minimum absolute atomic E-state index is 0.114. The Balaban J connectivity index is 1.87. The fourth-order valence-electron chi connectivity index (χ4n) is 1.74. The lowest BCUT2D eigenvalue weighted by Crippen LogP contribution is -2.11. The smallest absolute Gasteiger partial charge is 0.255 e. The predicted octanol–water partition coefficient (Wildman–Crippen LogP) is 2.72. The molecule has 0 unspecified atom stereocenters. The molecule has 96 valence electrons. The third-order valence-electron chi connectivity index (χ3n) is 2.61. The van der Waals surface area contributed by atoms with Crippen molar-refractivity contribution >= 4 is 23.2 Å². The molecule has 0 atom stereocenters. The number of ether oxygens (including phenoxy) is 2. The number of fused-ring (bicyclic) bond motifs is 1. The molecular formula is C13H9ClN2O3. The molecule has 5 nitrogen and oxygen atoms in total. The molecule has 0 saturated carbocycles. The molecule has 1 amide bonds. The highest BCUT2D eigenvalue weighted by Crippen LogP contribution is 2.39. The largest absolute Gasteiger partial charge is 0.454 e. The molecule has 2 heterocycles. The molecule has 1 aromatic heterocycles. The van der Waals surface area contributed by atoms with Gasteiger partial charge in [0.25, 0.3) is 5.91 Å². The van der Waals surface area contributed by atoms with Crippen LogP contribution in [-0.4, -0.2) is 17.7 Å². The Hall–Kier alpha value is -2.27. The quantitative estimate of drug-likeness (QED) is 0.916. The van der Waals surface area contributed by atoms with Crippen molar-refractivity contribution in [2.24, 2.45) is 0 Å². The molecule has 0 saturated heterocycles. The Morgan fingerprint density at radius 3 is 3.05 bits per heavy atom. The number of carbonyl (C=O) groups excluding carboxylic acids is 1. The summed E-state index contributed by atoms with van der Waals surface area (Å²) in [5, 5.41) is 3.07. The molecular weight excluding hydrogens is 268 g/mol. The van der Waals surface area contributed by atoms with Crippen molar-refractivity contribution in [1.82, 2.24) is 4.98 Å². The number of nitrogens with one attached hydrogen (secondary N) is 1. The number of aromatic nitrogens is 1. The van der Waals surface area contributed by atoms with Crippen molar-refractivity contribution < 1.29 is 14.3 Å². The lowest BCUT2D eigenvalue weighted by Gasteiger charge is -2.06. The van der Waals surface area contributed by atoms with E-state index in [4.69, 9.17) is 21.1 Å². The Labute approximate surface area is 114 Å². The highest BCUT2D eigenvalue weighted by molar-refractivity contribution is 6.32. The second kappa shape index (κ2) is 4.78. The van der Waals surface area contributed by atoms with Crippen LogP contribution in [0.3, 0.4) is 0 Å². The van der Waals surface area contributed by atoms with Crippen LogP contribution in [-0.2, 0) is 0 Å². The third kappa shape index (κ3) is 2.32. The zero-order chi connectivity index (χ0) is 13.2. The molecule has 0 spiro atoms. The van der Waals surface area contributed by atoms with E-state index in [1.54, 1.807) is 36.7 Å². The van der Waals surface area contributed by atoms with Gasteiger partial charge in [0, 0.05) is 11.8 Å². The molecule has 0 bridgehead atoms. The Morgan fingerprint density at radius 1 is 1.37 bits per heavy atom. The molecule has 0 aliphatic carbocycles. The van der Waals surface area contributed by atoms with E-state index < -0.39 is 0 Å². The maximum absolute atomic E-state index is 12.1. The molecule has 0 fully saturated rings. The van der Waals surface area contributed by atoms with Gasteiger partial charge >= 0.3 is 0 Å². The van der Waals surface area contributed by atoms with Crippen LogP contribution in [0.2, 0.25) is 5.02 Å². The summed E-state index contributed by atoms with van der Waals surface area (Å²) < 4.78 is 10.4. The molecule has 6 heteroatoms. The summed E-state index contributed by atoms with van der Waals surface area (Å²) in [4.78, 5) is 16.0. The van der Waals surface area contributed by atoms with E-state index in [0.717, 1.165) is 0 Å². The van der Waals surface area contributed by atoms with Crippen LogP contribution in [0, 0.1) is 0 Å². The first-order chi connectivity index (χ1) is 9.24. The standard InChI is InChI=1S/C13H9ClN2O3/c14-10-4-8(5-11-12(10)19-7-18-11)13(17)16-9-2-1-3-15-6-9/h1-6H,7H2,(H,16,17). The summed E-state index contributed by atoms with van der Waals surface area (Å²) >= 11 is 6.02.